The van der Waals surface area contributed by atoms with Crippen LogP contribution >= 0.6 is 0 Å². The highest BCUT2D eigenvalue weighted by Gasteiger charge is 2.30. The highest BCUT2D eigenvalue weighted by molar-refractivity contribution is 5.95. The number of nitrogens with zero attached hydrogens (tertiary/aromatic N) is 6. The predicted octanol–water partition coefficient (Wildman–Crippen LogP) is 3.37. The fraction of sp³-hybridized carbons (Fsp3) is 0.500. The van der Waals surface area contributed by atoms with E-state index in [4.69, 9.17) is 19.4 Å². The van der Waals surface area contributed by atoms with Crippen LogP contribution in [0.4, 0.5) is 11.5 Å². The number of likely N-dealkylation sites (tertiary alicyclic amines) is 1. The zero-order valence-electron chi connectivity index (χ0n) is 22.9. The Labute approximate surface area is 230 Å². The van der Waals surface area contributed by atoms with Crippen LogP contribution in [-0.4, -0.2) is 80.4 Å². The van der Waals surface area contributed by atoms with E-state index in [0.29, 0.717) is 31.6 Å². The Hall–Kier alpha value is -3.61. The molecule has 1 unspecified atom stereocenters. The van der Waals surface area contributed by atoms with E-state index in [9.17, 15) is 5.26 Å². The average molecular weight is 528 g/mol. The van der Waals surface area contributed by atoms with Crippen LogP contribution in [0.15, 0.2) is 36.4 Å². The second-order valence-electron chi connectivity index (χ2n) is 10.8. The molecule has 2 saturated heterocycles. The molecule has 204 valence electrons. The molecule has 0 aliphatic carbocycles. The molecule has 0 bridgehead atoms. The molecule has 0 radical (unpaired) electrons. The Balaban J connectivity index is 1.33. The molecule has 2 fully saturated rings. The van der Waals surface area contributed by atoms with E-state index < -0.39 is 0 Å². The molecule has 4 heterocycles. The summed E-state index contributed by atoms with van der Waals surface area (Å²) in [6.45, 7) is 5.71. The van der Waals surface area contributed by atoms with E-state index in [1.165, 1.54) is 28.4 Å². The smallest absolute Gasteiger partial charge is 0.318 e. The van der Waals surface area contributed by atoms with Crippen molar-refractivity contribution in [1.82, 2.24) is 20.2 Å². The van der Waals surface area contributed by atoms with Gasteiger partial charge < -0.3 is 29.5 Å². The van der Waals surface area contributed by atoms with E-state index in [1.807, 2.05) is 6.07 Å². The summed E-state index contributed by atoms with van der Waals surface area (Å²) in [6, 6.07) is 16.0. The molecule has 0 spiro atoms. The first-order valence-corrected chi connectivity index (χ1v) is 14.0. The summed E-state index contributed by atoms with van der Waals surface area (Å²) < 4.78 is 11.8. The number of fused-ring (bicyclic) bond motifs is 2. The number of nitrogens with one attached hydrogen (secondary N) is 1. The fourth-order valence-electron chi connectivity index (χ4n) is 6.18. The maximum atomic E-state index is 9.28. The lowest BCUT2D eigenvalue weighted by molar-refractivity contribution is 0.187. The van der Waals surface area contributed by atoms with Crippen LogP contribution in [0.25, 0.3) is 10.8 Å². The van der Waals surface area contributed by atoms with Crippen LogP contribution in [0.1, 0.15) is 30.5 Å². The van der Waals surface area contributed by atoms with Gasteiger partial charge >= 0.3 is 6.01 Å². The Kier molecular flexibility index (Phi) is 7.40. The molecular weight excluding hydrogens is 490 g/mol. The van der Waals surface area contributed by atoms with Gasteiger partial charge in [-0.15, -0.1) is 0 Å². The van der Waals surface area contributed by atoms with Crippen molar-refractivity contribution in [3.63, 3.8) is 0 Å². The number of aromatic nitrogens is 2. The van der Waals surface area contributed by atoms with E-state index >= 15 is 0 Å². The Morgan fingerprint density at radius 2 is 2.05 bits per heavy atom. The lowest BCUT2D eigenvalue weighted by Gasteiger charge is -2.37. The monoisotopic (exact) mass is 527 g/mol. The number of piperazine rings is 1. The molecule has 9 heteroatoms. The number of likely N-dealkylation sites (N-methyl/N-ethyl adjacent to an activating group) is 1. The minimum Gasteiger partial charge on any atom is -0.497 e. The van der Waals surface area contributed by atoms with Gasteiger partial charge in [-0.05, 0) is 56.4 Å². The lowest BCUT2D eigenvalue weighted by Crippen LogP contribution is -2.51. The minimum atomic E-state index is 0.136. The second-order valence-corrected chi connectivity index (χ2v) is 10.8. The summed E-state index contributed by atoms with van der Waals surface area (Å²) in [4.78, 5) is 17.1. The van der Waals surface area contributed by atoms with Crippen molar-refractivity contribution >= 4 is 22.3 Å². The molecule has 1 N–H and O–H groups in total. The van der Waals surface area contributed by atoms with Crippen LogP contribution in [0.5, 0.6) is 11.8 Å². The molecule has 1 aromatic heterocycles. The molecule has 2 atom stereocenters. The second kappa shape index (κ2) is 11.2. The van der Waals surface area contributed by atoms with Crippen molar-refractivity contribution in [2.45, 2.75) is 44.3 Å². The van der Waals surface area contributed by atoms with E-state index in [0.717, 1.165) is 62.8 Å². The summed E-state index contributed by atoms with van der Waals surface area (Å²) in [5.74, 6) is 1.83. The van der Waals surface area contributed by atoms with Gasteiger partial charge in [0.15, 0.2) is 0 Å². The van der Waals surface area contributed by atoms with Crippen LogP contribution in [0.2, 0.25) is 0 Å². The van der Waals surface area contributed by atoms with E-state index in [1.54, 1.807) is 7.11 Å². The highest BCUT2D eigenvalue weighted by atomic mass is 16.5. The van der Waals surface area contributed by atoms with Gasteiger partial charge in [0, 0.05) is 54.9 Å². The molecular formula is C30H37N7O2. The third kappa shape index (κ3) is 5.32. The number of rotatable bonds is 7. The molecule has 3 aliphatic rings. The van der Waals surface area contributed by atoms with Crippen LogP contribution in [0, 0.1) is 11.3 Å². The van der Waals surface area contributed by atoms with Crippen molar-refractivity contribution in [3.8, 4) is 17.8 Å². The highest BCUT2D eigenvalue weighted by Crippen LogP contribution is 2.35. The molecule has 0 saturated carbocycles. The Morgan fingerprint density at radius 3 is 2.87 bits per heavy atom. The van der Waals surface area contributed by atoms with E-state index in [2.05, 4.69) is 63.5 Å². The molecule has 6 rings (SSSR count). The van der Waals surface area contributed by atoms with Crippen LogP contribution < -0.4 is 24.6 Å². The van der Waals surface area contributed by atoms with Crippen LogP contribution in [-0.2, 0) is 13.0 Å². The number of anilines is 2. The maximum Gasteiger partial charge on any atom is 0.318 e. The first kappa shape index (κ1) is 25.7. The topological polar surface area (TPSA) is 89.8 Å². The summed E-state index contributed by atoms with van der Waals surface area (Å²) in [5, 5.41) is 15.1. The predicted molar refractivity (Wildman–Crippen MR) is 153 cm³/mol. The number of benzene rings is 2. The molecule has 3 aromatic rings. The van der Waals surface area contributed by atoms with Crippen molar-refractivity contribution in [2.24, 2.45) is 0 Å². The van der Waals surface area contributed by atoms with Gasteiger partial charge in [-0.1, -0.05) is 18.2 Å². The summed E-state index contributed by atoms with van der Waals surface area (Å²) >= 11 is 0. The maximum absolute atomic E-state index is 9.28. The minimum absolute atomic E-state index is 0.136. The molecule has 2 aromatic carbocycles. The normalized spacial score (nSPS) is 21.6. The first-order chi connectivity index (χ1) is 19.1. The zero-order chi connectivity index (χ0) is 26.8. The summed E-state index contributed by atoms with van der Waals surface area (Å²) in [5.41, 5.74) is 3.41. The van der Waals surface area contributed by atoms with Gasteiger partial charge in [0.2, 0.25) is 0 Å². The van der Waals surface area contributed by atoms with Gasteiger partial charge in [0.05, 0.1) is 31.8 Å². The molecule has 9 nitrogen and oxygen atoms in total. The third-order valence-corrected chi connectivity index (χ3v) is 8.40. The summed E-state index contributed by atoms with van der Waals surface area (Å²) in [7, 11) is 3.87. The number of nitriles is 1. The largest absolute Gasteiger partial charge is 0.497 e. The van der Waals surface area contributed by atoms with Gasteiger partial charge in [-0.25, -0.2) is 0 Å². The molecule has 39 heavy (non-hydrogen) atoms. The average Bonchev–Trinajstić information content (AvgIpc) is 3.39. The lowest BCUT2D eigenvalue weighted by atomic mass is 10.0. The zero-order valence-corrected chi connectivity index (χ0v) is 22.9. The summed E-state index contributed by atoms with van der Waals surface area (Å²) in [6.07, 6.45) is 3.68. The van der Waals surface area contributed by atoms with Crippen molar-refractivity contribution in [1.29, 1.82) is 5.26 Å². The number of methoxy groups -OCH3 is 1. The quantitative estimate of drug-likeness (QED) is 0.497. The molecule has 0 amide bonds. The van der Waals surface area contributed by atoms with E-state index in [-0.39, 0.29) is 6.04 Å². The van der Waals surface area contributed by atoms with Crippen LogP contribution in [0.3, 0.4) is 0 Å². The van der Waals surface area contributed by atoms with Crippen molar-refractivity contribution in [3.05, 3.63) is 47.7 Å². The fourth-order valence-corrected chi connectivity index (χ4v) is 6.18. The van der Waals surface area contributed by atoms with Crippen molar-refractivity contribution < 1.29 is 9.47 Å². The third-order valence-electron chi connectivity index (χ3n) is 8.40. The van der Waals surface area contributed by atoms with Gasteiger partial charge in [0.25, 0.3) is 0 Å². The SMILES string of the molecule is COc1ccc2cccc(N3CCc4c(nc(OC[C@@H]5CCCN5C)nc4N4CCNC(CC#N)C4)C3)c2c1. The van der Waals surface area contributed by atoms with Gasteiger partial charge in [0.1, 0.15) is 18.2 Å². The molecule has 3 aliphatic heterocycles. The Morgan fingerprint density at radius 1 is 1.13 bits per heavy atom. The number of hydrogen-bond donors (Lipinski definition) is 1. The first-order valence-electron chi connectivity index (χ1n) is 14.0. The van der Waals surface area contributed by atoms with Gasteiger partial charge in [-0.3, -0.25) is 0 Å². The Bertz CT molecular complexity index is 1370. The van der Waals surface area contributed by atoms with Crippen molar-refractivity contribution in [2.75, 3.05) is 63.3 Å². The number of ether oxygens (including phenoxy) is 2. The van der Waals surface area contributed by atoms with Gasteiger partial charge in [-0.2, -0.15) is 15.2 Å². The number of hydrogen-bond acceptors (Lipinski definition) is 9. The standard InChI is InChI=1S/C30H37N7O2/c1-35-14-4-6-23(35)20-39-30-33-27-19-36(28-7-3-5-21-8-9-24(38-2)17-26(21)28)15-11-25(27)29(34-30)37-16-13-32-22(18-37)10-12-31/h3,5,7-9,17,22-23,32H,4,6,10-11,13-16,18-20H2,1-2H3/t22?,23-/m0/s1.